The van der Waals surface area contributed by atoms with Crippen molar-refractivity contribution < 1.29 is 14.7 Å². The molecule has 2 aromatic carbocycles. The Morgan fingerprint density at radius 3 is 2.65 bits per heavy atom. The molecule has 0 fully saturated rings. The summed E-state index contributed by atoms with van der Waals surface area (Å²) in [6.45, 7) is 0.552. The van der Waals surface area contributed by atoms with Crippen LogP contribution < -0.4 is 4.90 Å². The Morgan fingerprint density at radius 2 is 1.91 bits per heavy atom. The van der Waals surface area contributed by atoms with Gasteiger partial charge in [0.1, 0.15) is 6.54 Å². The second-order valence-electron chi connectivity index (χ2n) is 5.38. The number of amides is 1. The summed E-state index contributed by atoms with van der Waals surface area (Å²) >= 11 is 3.45. The first kappa shape index (κ1) is 15.6. The summed E-state index contributed by atoms with van der Waals surface area (Å²) in [6, 6.07) is 15.2. The normalized spacial score (nSPS) is 13.9. The van der Waals surface area contributed by atoms with E-state index < -0.39 is 5.97 Å². The van der Waals surface area contributed by atoms with Gasteiger partial charge in [-0.1, -0.05) is 40.2 Å². The average molecular weight is 375 g/mol. The van der Waals surface area contributed by atoms with Gasteiger partial charge in [0.15, 0.2) is 0 Å². The van der Waals surface area contributed by atoms with Crippen LogP contribution in [0.2, 0.25) is 0 Å². The molecule has 5 nitrogen and oxygen atoms in total. The summed E-state index contributed by atoms with van der Waals surface area (Å²) in [5, 5.41) is 9.03. The highest BCUT2D eigenvalue weighted by Gasteiger charge is 2.30. The standard InChI is InChI=1S/C17H15BrN2O3/c18-13-5-3-4-12(8-13)9-19-11-20(10-16(21)22)17(23)14-6-1-2-7-15(14)19/h1-8H,9-11H2,(H,21,22). The number of benzene rings is 2. The molecule has 3 rings (SSSR count). The lowest BCUT2D eigenvalue weighted by Gasteiger charge is -2.37. The zero-order valence-corrected chi connectivity index (χ0v) is 13.9. The number of hydrogen-bond acceptors (Lipinski definition) is 3. The predicted octanol–water partition coefficient (Wildman–Crippen LogP) is 2.95. The molecule has 1 heterocycles. The van der Waals surface area contributed by atoms with Gasteiger partial charge in [0.05, 0.1) is 17.9 Å². The number of carbonyl (C=O) groups is 2. The van der Waals surface area contributed by atoms with Crippen LogP contribution in [0.15, 0.2) is 53.0 Å². The maximum atomic E-state index is 12.4. The van der Waals surface area contributed by atoms with Gasteiger partial charge < -0.3 is 14.9 Å². The molecule has 0 bridgehead atoms. The molecule has 0 radical (unpaired) electrons. The molecule has 6 heteroatoms. The van der Waals surface area contributed by atoms with Gasteiger partial charge in [0.25, 0.3) is 5.91 Å². The lowest BCUT2D eigenvalue weighted by Crippen LogP contribution is -2.48. The zero-order chi connectivity index (χ0) is 16.4. The summed E-state index contributed by atoms with van der Waals surface area (Å²) in [5.74, 6) is -1.26. The van der Waals surface area contributed by atoms with Crippen molar-refractivity contribution in [2.24, 2.45) is 0 Å². The van der Waals surface area contributed by atoms with Gasteiger partial charge in [-0.2, -0.15) is 0 Å². The third-order valence-corrected chi connectivity index (χ3v) is 4.19. The first-order valence-electron chi connectivity index (χ1n) is 7.14. The third-order valence-electron chi connectivity index (χ3n) is 3.69. The molecule has 0 saturated heterocycles. The number of aliphatic carboxylic acids is 1. The van der Waals surface area contributed by atoms with Crippen molar-refractivity contribution in [1.29, 1.82) is 0 Å². The van der Waals surface area contributed by atoms with Crippen molar-refractivity contribution in [1.82, 2.24) is 4.90 Å². The first-order valence-corrected chi connectivity index (χ1v) is 7.93. The highest BCUT2D eigenvalue weighted by Crippen LogP contribution is 2.28. The molecule has 0 saturated carbocycles. The van der Waals surface area contributed by atoms with E-state index in [1.807, 2.05) is 41.3 Å². The van der Waals surface area contributed by atoms with Gasteiger partial charge in [-0.3, -0.25) is 9.59 Å². The SMILES string of the molecule is O=C(O)CN1CN(Cc2cccc(Br)c2)c2ccccc2C1=O. The fourth-order valence-corrected chi connectivity index (χ4v) is 3.17. The second-order valence-corrected chi connectivity index (χ2v) is 6.30. The van der Waals surface area contributed by atoms with Crippen LogP contribution in [0, 0.1) is 0 Å². The van der Waals surface area contributed by atoms with Crippen LogP contribution in [0.5, 0.6) is 0 Å². The van der Waals surface area contributed by atoms with Crippen molar-refractivity contribution in [3.05, 3.63) is 64.1 Å². The largest absolute Gasteiger partial charge is 0.480 e. The molecule has 1 N–H and O–H groups in total. The number of para-hydroxylation sites is 1. The van der Waals surface area contributed by atoms with E-state index in [0.717, 1.165) is 15.7 Å². The molecule has 23 heavy (non-hydrogen) atoms. The molecule has 0 spiro atoms. The lowest BCUT2D eigenvalue weighted by atomic mass is 10.1. The smallest absolute Gasteiger partial charge is 0.323 e. The number of hydrogen-bond donors (Lipinski definition) is 1. The van der Waals surface area contributed by atoms with E-state index in [-0.39, 0.29) is 19.1 Å². The molecule has 1 aliphatic rings. The highest BCUT2D eigenvalue weighted by atomic mass is 79.9. The Balaban J connectivity index is 1.93. The van der Waals surface area contributed by atoms with Crippen molar-refractivity contribution in [3.8, 4) is 0 Å². The van der Waals surface area contributed by atoms with E-state index in [4.69, 9.17) is 5.11 Å². The molecule has 1 amide bonds. The maximum absolute atomic E-state index is 12.4. The van der Waals surface area contributed by atoms with Crippen molar-refractivity contribution >= 4 is 33.5 Å². The van der Waals surface area contributed by atoms with Gasteiger partial charge in [-0.25, -0.2) is 0 Å². The molecule has 2 aromatic rings. The van der Waals surface area contributed by atoms with Crippen LogP contribution in [0.4, 0.5) is 5.69 Å². The molecule has 0 atom stereocenters. The van der Waals surface area contributed by atoms with E-state index in [2.05, 4.69) is 15.9 Å². The number of fused-ring (bicyclic) bond motifs is 1. The minimum absolute atomic E-state index is 0.242. The number of carboxylic acids is 1. The number of carbonyl (C=O) groups excluding carboxylic acids is 1. The third kappa shape index (κ3) is 3.37. The number of halogens is 1. The van der Waals surface area contributed by atoms with Gasteiger partial charge in [0.2, 0.25) is 0 Å². The quantitative estimate of drug-likeness (QED) is 0.893. The van der Waals surface area contributed by atoms with Crippen LogP contribution in [0.25, 0.3) is 0 Å². The van der Waals surface area contributed by atoms with Crippen LogP contribution in [-0.2, 0) is 11.3 Å². The summed E-state index contributed by atoms with van der Waals surface area (Å²) < 4.78 is 0.985. The van der Waals surface area contributed by atoms with E-state index >= 15 is 0 Å². The Labute approximate surface area is 142 Å². The Kier molecular flexibility index (Phi) is 4.34. The number of nitrogens with zero attached hydrogens (tertiary/aromatic N) is 2. The molecular weight excluding hydrogens is 360 g/mol. The summed E-state index contributed by atoms with van der Waals surface area (Å²) in [4.78, 5) is 26.8. The molecule has 118 valence electrons. The number of anilines is 1. The van der Waals surface area contributed by atoms with Gasteiger partial charge in [0, 0.05) is 11.0 Å². The molecule has 1 aliphatic heterocycles. The lowest BCUT2D eigenvalue weighted by molar-refractivity contribution is -0.137. The molecular formula is C17H15BrN2O3. The molecule has 0 aromatic heterocycles. The summed E-state index contributed by atoms with van der Waals surface area (Å²) in [6.07, 6.45) is 0. The van der Waals surface area contributed by atoms with E-state index in [1.165, 1.54) is 4.90 Å². The van der Waals surface area contributed by atoms with E-state index in [9.17, 15) is 9.59 Å². The second kappa shape index (κ2) is 6.42. The Bertz CT molecular complexity index is 763. The fraction of sp³-hybridized carbons (Fsp3) is 0.176. The van der Waals surface area contributed by atoms with E-state index in [1.54, 1.807) is 12.1 Å². The number of carboxylic acid groups (broad SMARTS) is 1. The van der Waals surface area contributed by atoms with Crippen molar-refractivity contribution in [2.75, 3.05) is 18.1 Å². The summed E-state index contributed by atoms with van der Waals surface area (Å²) in [5.41, 5.74) is 2.45. The minimum atomic E-state index is -1.01. The Morgan fingerprint density at radius 1 is 1.13 bits per heavy atom. The van der Waals surface area contributed by atoms with Crippen molar-refractivity contribution in [3.63, 3.8) is 0 Å². The van der Waals surface area contributed by atoms with Crippen LogP contribution in [0.1, 0.15) is 15.9 Å². The van der Waals surface area contributed by atoms with Gasteiger partial charge >= 0.3 is 5.97 Å². The van der Waals surface area contributed by atoms with Gasteiger partial charge in [-0.05, 0) is 29.8 Å². The Hall–Kier alpha value is -2.34. The first-order chi connectivity index (χ1) is 11.0. The number of rotatable bonds is 4. The molecule has 0 aliphatic carbocycles. The van der Waals surface area contributed by atoms with Crippen LogP contribution in [0.3, 0.4) is 0 Å². The fourth-order valence-electron chi connectivity index (χ4n) is 2.72. The van der Waals surface area contributed by atoms with Crippen molar-refractivity contribution in [2.45, 2.75) is 6.54 Å². The van der Waals surface area contributed by atoms with Crippen LogP contribution in [-0.4, -0.2) is 35.1 Å². The minimum Gasteiger partial charge on any atom is -0.480 e. The zero-order valence-electron chi connectivity index (χ0n) is 12.3. The summed E-state index contributed by atoms with van der Waals surface area (Å²) in [7, 11) is 0. The maximum Gasteiger partial charge on any atom is 0.323 e. The predicted molar refractivity (Wildman–Crippen MR) is 90.3 cm³/mol. The molecule has 0 unspecified atom stereocenters. The van der Waals surface area contributed by atoms with Gasteiger partial charge in [-0.15, -0.1) is 0 Å². The monoisotopic (exact) mass is 374 g/mol. The topological polar surface area (TPSA) is 60.9 Å². The van der Waals surface area contributed by atoms with Crippen LogP contribution >= 0.6 is 15.9 Å². The van der Waals surface area contributed by atoms with E-state index in [0.29, 0.717) is 12.1 Å². The average Bonchev–Trinajstić information content (AvgIpc) is 2.51. The highest BCUT2D eigenvalue weighted by molar-refractivity contribution is 9.10.